The predicted octanol–water partition coefficient (Wildman–Crippen LogP) is 4.50. The first-order chi connectivity index (χ1) is 14.7. The SMILES string of the molecule is CCc1ccc(C2c3c(oc4ccccc4c3=O)C(=O)N2Cc2cccnc2)cc1. The van der Waals surface area contributed by atoms with E-state index in [1.807, 2.05) is 36.4 Å². The highest BCUT2D eigenvalue weighted by Gasteiger charge is 2.42. The molecule has 1 aliphatic rings. The van der Waals surface area contributed by atoms with Gasteiger partial charge in [0.1, 0.15) is 5.58 Å². The van der Waals surface area contributed by atoms with Crippen molar-refractivity contribution in [1.82, 2.24) is 9.88 Å². The Balaban J connectivity index is 1.71. The number of carbonyl (C=O) groups excluding carboxylic acids is 1. The monoisotopic (exact) mass is 396 g/mol. The van der Waals surface area contributed by atoms with E-state index in [0.717, 1.165) is 17.5 Å². The van der Waals surface area contributed by atoms with Gasteiger partial charge in [-0.15, -0.1) is 0 Å². The van der Waals surface area contributed by atoms with Crippen LogP contribution in [0.3, 0.4) is 0 Å². The molecule has 1 aliphatic heterocycles. The molecular weight excluding hydrogens is 376 g/mol. The number of amides is 1. The molecule has 2 aromatic heterocycles. The molecule has 4 aromatic rings. The van der Waals surface area contributed by atoms with Gasteiger partial charge in [-0.3, -0.25) is 14.6 Å². The van der Waals surface area contributed by atoms with Crippen LogP contribution in [-0.2, 0) is 13.0 Å². The predicted molar refractivity (Wildman–Crippen MR) is 114 cm³/mol. The van der Waals surface area contributed by atoms with Crippen molar-refractivity contribution in [3.63, 3.8) is 0 Å². The van der Waals surface area contributed by atoms with E-state index in [9.17, 15) is 9.59 Å². The minimum atomic E-state index is -0.500. The van der Waals surface area contributed by atoms with Crippen LogP contribution in [-0.4, -0.2) is 15.8 Å². The number of pyridine rings is 1. The number of benzene rings is 2. The van der Waals surface area contributed by atoms with Crippen LogP contribution in [0.1, 0.15) is 45.8 Å². The third kappa shape index (κ3) is 2.90. The molecule has 30 heavy (non-hydrogen) atoms. The zero-order valence-electron chi connectivity index (χ0n) is 16.5. The quantitative estimate of drug-likeness (QED) is 0.510. The maximum atomic E-state index is 13.4. The second-order valence-electron chi connectivity index (χ2n) is 7.46. The molecule has 1 unspecified atom stereocenters. The highest BCUT2D eigenvalue weighted by Crippen LogP contribution is 2.39. The highest BCUT2D eigenvalue weighted by molar-refractivity contribution is 5.99. The lowest BCUT2D eigenvalue weighted by Crippen LogP contribution is -2.29. The Morgan fingerprint density at radius 1 is 0.967 bits per heavy atom. The number of aryl methyl sites for hydroxylation is 1. The molecule has 1 amide bonds. The minimum Gasteiger partial charge on any atom is -0.450 e. The summed E-state index contributed by atoms with van der Waals surface area (Å²) in [5, 5.41) is 0.488. The third-order valence-corrected chi connectivity index (χ3v) is 5.65. The number of carbonyl (C=O) groups is 1. The lowest BCUT2D eigenvalue weighted by Gasteiger charge is -2.25. The van der Waals surface area contributed by atoms with Crippen molar-refractivity contribution in [2.24, 2.45) is 0 Å². The Morgan fingerprint density at radius 3 is 2.50 bits per heavy atom. The van der Waals surface area contributed by atoms with Crippen LogP contribution in [0.2, 0.25) is 0 Å². The summed E-state index contributed by atoms with van der Waals surface area (Å²) in [4.78, 5) is 32.7. The van der Waals surface area contributed by atoms with E-state index >= 15 is 0 Å². The third-order valence-electron chi connectivity index (χ3n) is 5.65. The van der Waals surface area contributed by atoms with E-state index in [2.05, 4.69) is 11.9 Å². The summed E-state index contributed by atoms with van der Waals surface area (Å²) in [6, 6.07) is 18.4. The van der Waals surface area contributed by atoms with Gasteiger partial charge in [0.25, 0.3) is 5.91 Å². The van der Waals surface area contributed by atoms with Gasteiger partial charge in [-0.2, -0.15) is 0 Å². The van der Waals surface area contributed by atoms with Gasteiger partial charge >= 0.3 is 0 Å². The molecule has 0 fully saturated rings. The Morgan fingerprint density at radius 2 is 1.77 bits per heavy atom. The fourth-order valence-corrected chi connectivity index (χ4v) is 4.10. The van der Waals surface area contributed by atoms with Gasteiger partial charge in [0, 0.05) is 18.9 Å². The molecule has 0 radical (unpaired) electrons. The van der Waals surface area contributed by atoms with Crippen LogP contribution in [0.25, 0.3) is 11.0 Å². The molecule has 148 valence electrons. The Hall–Kier alpha value is -3.73. The topological polar surface area (TPSA) is 63.4 Å². The average Bonchev–Trinajstić information content (AvgIpc) is 3.06. The summed E-state index contributed by atoms with van der Waals surface area (Å²) in [7, 11) is 0. The Labute approximate surface area is 173 Å². The summed E-state index contributed by atoms with van der Waals surface area (Å²) in [6.07, 6.45) is 4.36. The van der Waals surface area contributed by atoms with E-state index in [1.165, 1.54) is 5.56 Å². The number of fused-ring (bicyclic) bond motifs is 2. The number of nitrogens with zero attached hydrogens (tertiary/aromatic N) is 2. The van der Waals surface area contributed by atoms with E-state index < -0.39 is 6.04 Å². The summed E-state index contributed by atoms with van der Waals surface area (Å²) < 4.78 is 5.96. The van der Waals surface area contributed by atoms with E-state index in [1.54, 1.807) is 41.6 Å². The smallest absolute Gasteiger partial charge is 0.291 e. The zero-order valence-corrected chi connectivity index (χ0v) is 16.5. The van der Waals surface area contributed by atoms with E-state index in [0.29, 0.717) is 23.1 Å². The molecule has 5 nitrogen and oxygen atoms in total. The van der Waals surface area contributed by atoms with Crippen molar-refractivity contribution in [2.75, 3.05) is 0 Å². The minimum absolute atomic E-state index is 0.132. The molecule has 0 saturated heterocycles. The number of para-hydroxylation sites is 1. The van der Waals surface area contributed by atoms with Crippen LogP contribution in [0.4, 0.5) is 0 Å². The van der Waals surface area contributed by atoms with Crippen molar-refractivity contribution in [2.45, 2.75) is 25.9 Å². The van der Waals surface area contributed by atoms with Gasteiger partial charge < -0.3 is 9.32 Å². The van der Waals surface area contributed by atoms with Crippen molar-refractivity contribution >= 4 is 16.9 Å². The molecule has 0 bridgehead atoms. The van der Waals surface area contributed by atoms with Crippen molar-refractivity contribution < 1.29 is 9.21 Å². The number of hydrogen-bond acceptors (Lipinski definition) is 4. The number of rotatable bonds is 4. The number of aromatic nitrogens is 1. The summed E-state index contributed by atoms with van der Waals surface area (Å²) in [5.41, 5.74) is 3.67. The van der Waals surface area contributed by atoms with Crippen LogP contribution >= 0.6 is 0 Å². The van der Waals surface area contributed by atoms with Crippen molar-refractivity contribution in [3.05, 3.63) is 111 Å². The number of hydrogen-bond donors (Lipinski definition) is 0. The standard InChI is InChI=1S/C25H20N2O3/c1-2-16-9-11-18(12-10-16)22-21-23(28)19-7-3-4-8-20(19)30-24(21)25(29)27(22)15-17-6-5-13-26-14-17/h3-14,22H,2,15H2,1H3. The first-order valence-corrected chi connectivity index (χ1v) is 10.0. The molecule has 0 aliphatic carbocycles. The Kier molecular flexibility index (Phi) is 4.43. The maximum absolute atomic E-state index is 13.4. The second-order valence-corrected chi connectivity index (χ2v) is 7.46. The summed E-state index contributed by atoms with van der Waals surface area (Å²) in [5.74, 6) is -0.145. The molecule has 5 heteroatoms. The summed E-state index contributed by atoms with van der Waals surface area (Å²) in [6.45, 7) is 2.44. The molecule has 0 spiro atoms. The molecule has 5 rings (SSSR count). The molecule has 3 heterocycles. The molecular formula is C25H20N2O3. The molecule has 2 aromatic carbocycles. The fourth-order valence-electron chi connectivity index (χ4n) is 4.10. The van der Waals surface area contributed by atoms with Gasteiger partial charge in [-0.05, 0) is 41.3 Å². The van der Waals surface area contributed by atoms with Gasteiger partial charge in [0.05, 0.1) is 17.0 Å². The van der Waals surface area contributed by atoms with E-state index in [4.69, 9.17) is 4.42 Å². The van der Waals surface area contributed by atoms with Crippen LogP contribution in [0.5, 0.6) is 0 Å². The first kappa shape index (κ1) is 18.3. The normalized spacial score (nSPS) is 15.6. The van der Waals surface area contributed by atoms with Gasteiger partial charge in [-0.25, -0.2) is 0 Å². The molecule has 1 atom stereocenters. The zero-order chi connectivity index (χ0) is 20.7. The average molecular weight is 396 g/mol. The Bertz CT molecular complexity index is 1290. The van der Waals surface area contributed by atoms with Crippen LogP contribution in [0.15, 0.2) is 82.3 Å². The fraction of sp³-hybridized carbons (Fsp3) is 0.160. The largest absolute Gasteiger partial charge is 0.450 e. The molecule has 0 N–H and O–H groups in total. The first-order valence-electron chi connectivity index (χ1n) is 10.0. The maximum Gasteiger partial charge on any atom is 0.291 e. The van der Waals surface area contributed by atoms with Gasteiger partial charge in [-0.1, -0.05) is 49.4 Å². The van der Waals surface area contributed by atoms with Gasteiger partial charge in [0.15, 0.2) is 5.43 Å². The van der Waals surface area contributed by atoms with Crippen molar-refractivity contribution in [3.8, 4) is 0 Å². The van der Waals surface area contributed by atoms with Crippen LogP contribution < -0.4 is 5.43 Å². The highest BCUT2D eigenvalue weighted by atomic mass is 16.3. The lowest BCUT2D eigenvalue weighted by molar-refractivity contribution is 0.0714. The summed E-state index contributed by atoms with van der Waals surface area (Å²) >= 11 is 0. The van der Waals surface area contributed by atoms with E-state index in [-0.39, 0.29) is 17.1 Å². The second kappa shape index (κ2) is 7.26. The lowest BCUT2D eigenvalue weighted by atomic mass is 9.97. The van der Waals surface area contributed by atoms with Crippen molar-refractivity contribution in [1.29, 1.82) is 0 Å². The molecule has 0 saturated carbocycles. The van der Waals surface area contributed by atoms with Gasteiger partial charge in [0.2, 0.25) is 5.76 Å². The van der Waals surface area contributed by atoms with Crippen LogP contribution in [0, 0.1) is 0 Å².